The standard InChI is InChI=1S/C19H13Cl2F3N2O3/c1-26(9-10-2-4-12(5-3-10)19(22,23)24)18(28)15-8-16(29-25-15)11-6-13(20)17(27)14(21)7-11/h2-8,27H,9H2,1H3. The highest BCUT2D eigenvalue weighted by atomic mass is 35.5. The minimum absolute atomic E-state index is 0.00488. The second-order valence-electron chi connectivity index (χ2n) is 6.22. The zero-order valence-corrected chi connectivity index (χ0v) is 16.3. The number of amides is 1. The molecule has 0 radical (unpaired) electrons. The van der Waals surface area contributed by atoms with Crippen LogP contribution >= 0.6 is 23.2 Å². The quantitative estimate of drug-likeness (QED) is 0.564. The highest BCUT2D eigenvalue weighted by Gasteiger charge is 2.30. The molecule has 1 N–H and O–H groups in total. The predicted molar refractivity (Wildman–Crippen MR) is 101 cm³/mol. The smallest absolute Gasteiger partial charge is 0.416 e. The minimum Gasteiger partial charge on any atom is -0.505 e. The Balaban J connectivity index is 1.74. The summed E-state index contributed by atoms with van der Waals surface area (Å²) in [5, 5.41) is 13.4. The highest BCUT2D eigenvalue weighted by Crippen LogP contribution is 2.36. The zero-order valence-electron chi connectivity index (χ0n) is 14.8. The number of aromatic hydroxyl groups is 1. The molecule has 1 amide bonds. The first kappa shape index (κ1) is 21.0. The number of hydrogen-bond donors (Lipinski definition) is 1. The van der Waals surface area contributed by atoms with E-state index in [-0.39, 0.29) is 33.8 Å². The van der Waals surface area contributed by atoms with Gasteiger partial charge < -0.3 is 14.5 Å². The topological polar surface area (TPSA) is 66.6 Å². The molecule has 2 aromatic carbocycles. The van der Waals surface area contributed by atoms with Gasteiger partial charge in [0.2, 0.25) is 0 Å². The van der Waals surface area contributed by atoms with E-state index in [0.29, 0.717) is 11.1 Å². The summed E-state index contributed by atoms with van der Waals surface area (Å²) < 4.78 is 43.1. The Hall–Kier alpha value is -2.71. The molecule has 1 heterocycles. The Labute approximate surface area is 173 Å². The van der Waals surface area contributed by atoms with Crippen molar-refractivity contribution in [1.29, 1.82) is 0 Å². The molecule has 0 aliphatic heterocycles. The maximum absolute atomic E-state index is 12.6. The second kappa shape index (κ2) is 7.96. The summed E-state index contributed by atoms with van der Waals surface area (Å²) >= 11 is 11.8. The molecule has 0 bridgehead atoms. The Morgan fingerprint density at radius 2 is 1.72 bits per heavy atom. The van der Waals surface area contributed by atoms with Crippen LogP contribution in [0.3, 0.4) is 0 Å². The zero-order chi connectivity index (χ0) is 21.3. The molecule has 3 rings (SSSR count). The number of rotatable bonds is 4. The molecular formula is C19H13Cl2F3N2O3. The molecule has 10 heteroatoms. The Morgan fingerprint density at radius 3 is 2.28 bits per heavy atom. The first-order valence-corrected chi connectivity index (χ1v) is 8.88. The van der Waals surface area contributed by atoms with Gasteiger partial charge in [-0.3, -0.25) is 4.79 Å². The summed E-state index contributed by atoms with van der Waals surface area (Å²) in [7, 11) is 1.49. The number of carbonyl (C=O) groups excluding carboxylic acids is 1. The summed E-state index contributed by atoms with van der Waals surface area (Å²) in [5.74, 6) is -0.555. The molecule has 3 aromatic rings. The fraction of sp³-hybridized carbons (Fsp3) is 0.158. The Kier molecular flexibility index (Phi) is 5.77. The van der Waals surface area contributed by atoms with Crippen molar-refractivity contribution in [1.82, 2.24) is 10.1 Å². The SMILES string of the molecule is CN(Cc1ccc(C(F)(F)F)cc1)C(=O)c1cc(-c2cc(Cl)c(O)c(Cl)c2)on1. The van der Waals surface area contributed by atoms with E-state index < -0.39 is 17.6 Å². The van der Waals surface area contributed by atoms with Gasteiger partial charge in [-0.2, -0.15) is 13.2 Å². The average molecular weight is 445 g/mol. The second-order valence-corrected chi connectivity index (χ2v) is 7.04. The van der Waals surface area contributed by atoms with Gasteiger partial charge in [-0.05, 0) is 29.8 Å². The maximum Gasteiger partial charge on any atom is 0.416 e. The Bertz CT molecular complexity index is 1030. The molecule has 29 heavy (non-hydrogen) atoms. The summed E-state index contributed by atoms with van der Waals surface area (Å²) in [6, 6.07) is 8.72. The lowest BCUT2D eigenvalue weighted by Crippen LogP contribution is -2.26. The van der Waals surface area contributed by atoms with Gasteiger partial charge >= 0.3 is 6.18 Å². The van der Waals surface area contributed by atoms with Crippen LogP contribution in [0, 0.1) is 0 Å². The van der Waals surface area contributed by atoms with E-state index >= 15 is 0 Å². The number of nitrogens with zero attached hydrogens (tertiary/aromatic N) is 2. The summed E-state index contributed by atoms with van der Waals surface area (Å²) in [6.45, 7) is 0.0794. The van der Waals surface area contributed by atoms with Crippen LogP contribution in [-0.2, 0) is 12.7 Å². The Morgan fingerprint density at radius 1 is 1.14 bits per heavy atom. The average Bonchev–Trinajstić information content (AvgIpc) is 3.15. The minimum atomic E-state index is -4.42. The van der Waals surface area contributed by atoms with Crippen molar-refractivity contribution >= 4 is 29.1 Å². The van der Waals surface area contributed by atoms with Crippen molar-refractivity contribution in [2.75, 3.05) is 7.05 Å². The lowest BCUT2D eigenvalue weighted by molar-refractivity contribution is -0.137. The monoisotopic (exact) mass is 444 g/mol. The number of carbonyl (C=O) groups is 1. The van der Waals surface area contributed by atoms with Crippen LogP contribution in [0.2, 0.25) is 10.0 Å². The molecule has 5 nitrogen and oxygen atoms in total. The van der Waals surface area contributed by atoms with Gasteiger partial charge in [0.1, 0.15) is 0 Å². The molecule has 0 saturated carbocycles. The number of aromatic nitrogens is 1. The van der Waals surface area contributed by atoms with Crippen molar-refractivity contribution in [2.45, 2.75) is 12.7 Å². The number of halogens is 5. The normalized spacial score (nSPS) is 11.5. The summed E-state index contributed by atoms with van der Waals surface area (Å²) in [6.07, 6.45) is -4.42. The van der Waals surface area contributed by atoms with Gasteiger partial charge in [0.15, 0.2) is 17.2 Å². The van der Waals surface area contributed by atoms with E-state index in [9.17, 15) is 23.1 Å². The van der Waals surface area contributed by atoms with Crippen molar-refractivity contribution in [3.8, 4) is 17.1 Å². The summed E-state index contributed by atoms with van der Waals surface area (Å²) in [4.78, 5) is 13.8. The van der Waals surface area contributed by atoms with Gasteiger partial charge in [-0.1, -0.05) is 40.5 Å². The van der Waals surface area contributed by atoms with Crippen molar-refractivity contribution in [3.05, 3.63) is 69.3 Å². The number of phenolic OH excluding ortho intramolecular Hbond substituents is 1. The first-order chi connectivity index (χ1) is 13.6. The molecule has 0 spiro atoms. The van der Waals surface area contributed by atoms with Gasteiger partial charge in [-0.15, -0.1) is 0 Å². The van der Waals surface area contributed by atoms with E-state index in [4.69, 9.17) is 27.7 Å². The van der Waals surface area contributed by atoms with Crippen LogP contribution in [0.1, 0.15) is 21.6 Å². The number of alkyl halides is 3. The molecule has 0 unspecified atom stereocenters. The number of phenols is 1. The van der Waals surface area contributed by atoms with E-state index in [1.807, 2.05) is 0 Å². The lowest BCUT2D eigenvalue weighted by Gasteiger charge is -2.16. The molecule has 0 fully saturated rings. The summed E-state index contributed by atoms with van der Waals surface area (Å²) in [5.41, 5.74) is 0.168. The first-order valence-electron chi connectivity index (χ1n) is 8.13. The third-order valence-corrected chi connectivity index (χ3v) is 4.65. The third-order valence-electron chi connectivity index (χ3n) is 4.08. The van der Waals surface area contributed by atoms with Crippen LogP contribution in [0.15, 0.2) is 47.0 Å². The molecule has 0 aliphatic rings. The van der Waals surface area contributed by atoms with Crippen LogP contribution in [0.4, 0.5) is 13.2 Å². The molecule has 1 aromatic heterocycles. The molecular weight excluding hydrogens is 432 g/mol. The van der Waals surface area contributed by atoms with E-state index in [1.54, 1.807) is 0 Å². The number of benzene rings is 2. The molecule has 152 valence electrons. The number of hydrogen-bond acceptors (Lipinski definition) is 4. The fourth-order valence-electron chi connectivity index (χ4n) is 2.56. The lowest BCUT2D eigenvalue weighted by atomic mass is 10.1. The van der Waals surface area contributed by atoms with Gasteiger partial charge in [0, 0.05) is 25.2 Å². The van der Waals surface area contributed by atoms with Crippen molar-refractivity contribution in [2.24, 2.45) is 0 Å². The predicted octanol–water partition coefficient (Wildman–Crippen LogP) is 5.65. The van der Waals surface area contributed by atoms with Crippen LogP contribution in [0.5, 0.6) is 5.75 Å². The van der Waals surface area contributed by atoms with Crippen LogP contribution in [0.25, 0.3) is 11.3 Å². The van der Waals surface area contributed by atoms with Gasteiger partial charge in [0.25, 0.3) is 5.91 Å². The van der Waals surface area contributed by atoms with Crippen molar-refractivity contribution < 1.29 is 27.6 Å². The molecule has 0 atom stereocenters. The van der Waals surface area contributed by atoms with E-state index in [0.717, 1.165) is 12.1 Å². The maximum atomic E-state index is 12.6. The van der Waals surface area contributed by atoms with Crippen LogP contribution < -0.4 is 0 Å². The highest BCUT2D eigenvalue weighted by molar-refractivity contribution is 6.37. The fourth-order valence-corrected chi connectivity index (χ4v) is 3.05. The van der Waals surface area contributed by atoms with Crippen molar-refractivity contribution in [3.63, 3.8) is 0 Å². The van der Waals surface area contributed by atoms with E-state index in [1.165, 1.54) is 42.3 Å². The third kappa shape index (κ3) is 4.65. The molecule has 0 saturated heterocycles. The van der Waals surface area contributed by atoms with Crippen LogP contribution in [-0.4, -0.2) is 28.1 Å². The molecule has 0 aliphatic carbocycles. The largest absolute Gasteiger partial charge is 0.505 e. The van der Waals surface area contributed by atoms with Gasteiger partial charge in [0.05, 0.1) is 15.6 Å². The van der Waals surface area contributed by atoms with Gasteiger partial charge in [-0.25, -0.2) is 0 Å². The van der Waals surface area contributed by atoms with E-state index in [2.05, 4.69) is 5.16 Å².